The highest BCUT2D eigenvalue weighted by Crippen LogP contribution is 2.31. The molecular formula is C15H14ClF2N. The molecule has 100 valence electrons. The molecule has 0 aliphatic rings. The minimum absolute atomic E-state index is 0.208. The van der Waals surface area contributed by atoms with Crippen molar-refractivity contribution in [2.45, 2.75) is 13.5 Å². The molecule has 1 N–H and O–H groups in total. The van der Waals surface area contributed by atoms with Gasteiger partial charge in [-0.2, -0.15) is 0 Å². The Kier molecular flexibility index (Phi) is 4.51. The van der Waals surface area contributed by atoms with Gasteiger partial charge in [-0.25, -0.2) is 8.78 Å². The van der Waals surface area contributed by atoms with Crippen molar-refractivity contribution in [3.05, 3.63) is 58.6 Å². The van der Waals surface area contributed by atoms with Crippen molar-refractivity contribution < 1.29 is 8.78 Å². The van der Waals surface area contributed by atoms with Crippen molar-refractivity contribution in [3.63, 3.8) is 0 Å². The molecule has 4 heteroatoms. The number of rotatable bonds is 4. The summed E-state index contributed by atoms with van der Waals surface area (Å²) < 4.78 is 26.9. The van der Waals surface area contributed by atoms with Gasteiger partial charge < -0.3 is 5.32 Å². The van der Waals surface area contributed by atoms with E-state index in [0.29, 0.717) is 17.7 Å². The van der Waals surface area contributed by atoms with Crippen LogP contribution >= 0.6 is 11.6 Å². The predicted molar refractivity (Wildman–Crippen MR) is 74.2 cm³/mol. The lowest BCUT2D eigenvalue weighted by molar-refractivity contribution is 0.625. The highest BCUT2D eigenvalue weighted by molar-refractivity contribution is 6.33. The molecule has 0 unspecified atom stereocenters. The van der Waals surface area contributed by atoms with Crippen molar-refractivity contribution in [1.82, 2.24) is 5.32 Å². The quantitative estimate of drug-likeness (QED) is 0.876. The average molecular weight is 282 g/mol. The van der Waals surface area contributed by atoms with Crippen molar-refractivity contribution >= 4 is 11.6 Å². The average Bonchev–Trinajstić information content (AvgIpc) is 2.38. The van der Waals surface area contributed by atoms with Crippen LogP contribution < -0.4 is 5.32 Å². The Bertz CT molecular complexity index is 584. The first-order chi connectivity index (χ1) is 9.11. The fraction of sp³-hybridized carbons (Fsp3) is 0.200. The van der Waals surface area contributed by atoms with Crippen LogP contribution in [0.15, 0.2) is 36.4 Å². The van der Waals surface area contributed by atoms with Crippen molar-refractivity contribution in [3.8, 4) is 11.1 Å². The zero-order chi connectivity index (χ0) is 13.8. The first-order valence-electron chi connectivity index (χ1n) is 6.06. The van der Waals surface area contributed by atoms with Crippen LogP contribution in [0.4, 0.5) is 8.78 Å². The summed E-state index contributed by atoms with van der Waals surface area (Å²) >= 11 is 5.97. The lowest BCUT2D eigenvalue weighted by Crippen LogP contribution is -2.11. The van der Waals surface area contributed by atoms with Crippen LogP contribution in [0.5, 0.6) is 0 Å². The molecule has 1 nitrogen and oxygen atoms in total. The van der Waals surface area contributed by atoms with E-state index in [9.17, 15) is 8.78 Å². The number of hydrogen-bond acceptors (Lipinski definition) is 1. The molecule has 0 saturated carbocycles. The molecule has 0 aliphatic carbocycles. The molecule has 0 spiro atoms. The van der Waals surface area contributed by atoms with Gasteiger partial charge >= 0.3 is 0 Å². The third-order valence-corrected chi connectivity index (χ3v) is 3.14. The SMILES string of the molecule is CCNCc1ccc(F)c(-c2ccc(F)cc2Cl)c1. The topological polar surface area (TPSA) is 12.0 Å². The molecule has 0 heterocycles. The molecule has 0 saturated heterocycles. The monoisotopic (exact) mass is 281 g/mol. The van der Waals surface area contributed by atoms with Gasteiger partial charge in [0.1, 0.15) is 11.6 Å². The molecule has 2 rings (SSSR count). The van der Waals surface area contributed by atoms with Crippen LogP contribution in [0.25, 0.3) is 11.1 Å². The van der Waals surface area contributed by atoms with E-state index in [1.807, 2.05) is 6.92 Å². The van der Waals surface area contributed by atoms with Crippen molar-refractivity contribution in [1.29, 1.82) is 0 Å². The molecule has 2 aromatic rings. The number of hydrogen-bond donors (Lipinski definition) is 1. The van der Waals surface area contributed by atoms with E-state index >= 15 is 0 Å². The maximum atomic E-state index is 13.9. The standard InChI is InChI=1S/C15H14ClF2N/c1-2-19-9-10-3-6-15(18)13(7-10)12-5-4-11(17)8-14(12)16/h3-8,19H,2,9H2,1H3. The largest absolute Gasteiger partial charge is 0.313 e. The molecule has 0 fully saturated rings. The summed E-state index contributed by atoms with van der Waals surface area (Å²) in [7, 11) is 0. The molecular weight excluding hydrogens is 268 g/mol. The van der Waals surface area contributed by atoms with E-state index in [4.69, 9.17) is 11.6 Å². The van der Waals surface area contributed by atoms with Crippen LogP contribution in [-0.4, -0.2) is 6.54 Å². The summed E-state index contributed by atoms with van der Waals surface area (Å²) in [6.07, 6.45) is 0. The van der Waals surface area contributed by atoms with Crippen molar-refractivity contribution in [2.75, 3.05) is 6.54 Å². The Balaban J connectivity index is 2.42. The molecule has 0 aliphatic heterocycles. The normalized spacial score (nSPS) is 10.7. The first kappa shape index (κ1) is 14.0. The van der Waals surface area contributed by atoms with Gasteiger partial charge in [-0.05, 0) is 42.4 Å². The zero-order valence-corrected chi connectivity index (χ0v) is 11.3. The van der Waals surface area contributed by atoms with Gasteiger partial charge in [0.2, 0.25) is 0 Å². The molecule has 2 aromatic carbocycles. The van der Waals surface area contributed by atoms with E-state index < -0.39 is 5.82 Å². The van der Waals surface area contributed by atoms with E-state index in [-0.39, 0.29) is 10.8 Å². The van der Waals surface area contributed by atoms with Gasteiger partial charge in [0.15, 0.2) is 0 Å². The second-order valence-electron chi connectivity index (χ2n) is 4.22. The van der Waals surface area contributed by atoms with Crippen LogP contribution in [0.3, 0.4) is 0 Å². The zero-order valence-electron chi connectivity index (χ0n) is 10.5. The Morgan fingerprint density at radius 1 is 1.05 bits per heavy atom. The maximum Gasteiger partial charge on any atom is 0.131 e. The summed E-state index contributed by atoms with van der Waals surface area (Å²) in [5, 5.41) is 3.38. The Hall–Kier alpha value is -1.45. The maximum absolute atomic E-state index is 13.9. The Morgan fingerprint density at radius 2 is 1.84 bits per heavy atom. The van der Waals surface area contributed by atoms with Gasteiger partial charge in [-0.3, -0.25) is 0 Å². The third kappa shape index (κ3) is 3.31. The van der Waals surface area contributed by atoms with Crippen molar-refractivity contribution in [2.24, 2.45) is 0 Å². The first-order valence-corrected chi connectivity index (χ1v) is 6.44. The van der Waals surface area contributed by atoms with Crippen LogP contribution in [-0.2, 0) is 6.54 Å². The van der Waals surface area contributed by atoms with E-state index in [1.54, 1.807) is 12.1 Å². The summed E-state index contributed by atoms with van der Waals surface area (Å²) in [5.74, 6) is -0.799. The number of benzene rings is 2. The smallest absolute Gasteiger partial charge is 0.131 e. The van der Waals surface area contributed by atoms with Gasteiger partial charge in [0.05, 0.1) is 5.02 Å². The number of halogens is 3. The van der Waals surface area contributed by atoms with Gasteiger partial charge in [0.25, 0.3) is 0 Å². The summed E-state index contributed by atoms with van der Waals surface area (Å²) in [5.41, 5.74) is 1.85. The summed E-state index contributed by atoms with van der Waals surface area (Å²) in [6, 6.07) is 8.82. The lowest BCUT2D eigenvalue weighted by atomic mass is 10.0. The van der Waals surface area contributed by atoms with Crippen LogP contribution in [0, 0.1) is 11.6 Å². The minimum Gasteiger partial charge on any atom is -0.313 e. The molecule has 0 amide bonds. The van der Waals surface area contributed by atoms with Gasteiger partial charge in [-0.15, -0.1) is 0 Å². The Labute approximate surface area is 116 Å². The van der Waals surface area contributed by atoms with Crippen LogP contribution in [0.2, 0.25) is 5.02 Å². The van der Waals surface area contributed by atoms with Gasteiger partial charge in [0, 0.05) is 17.7 Å². The van der Waals surface area contributed by atoms with E-state index in [2.05, 4.69) is 5.32 Å². The fourth-order valence-electron chi connectivity index (χ4n) is 1.87. The van der Waals surface area contributed by atoms with E-state index in [0.717, 1.165) is 12.1 Å². The lowest BCUT2D eigenvalue weighted by Gasteiger charge is -2.09. The predicted octanol–water partition coefficient (Wildman–Crippen LogP) is 4.39. The molecule has 0 aromatic heterocycles. The molecule has 0 atom stereocenters. The second-order valence-corrected chi connectivity index (χ2v) is 4.63. The molecule has 0 bridgehead atoms. The highest BCUT2D eigenvalue weighted by Gasteiger charge is 2.10. The Morgan fingerprint density at radius 3 is 2.53 bits per heavy atom. The molecule has 0 radical (unpaired) electrons. The third-order valence-electron chi connectivity index (χ3n) is 2.83. The molecule has 19 heavy (non-hydrogen) atoms. The summed E-state index contributed by atoms with van der Waals surface area (Å²) in [4.78, 5) is 0. The van der Waals surface area contributed by atoms with Gasteiger partial charge in [-0.1, -0.05) is 24.6 Å². The summed E-state index contributed by atoms with van der Waals surface area (Å²) in [6.45, 7) is 3.49. The number of nitrogens with one attached hydrogen (secondary N) is 1. The highest BCUT2D eigenvalue weighted by atomic mass is 35.5. The minimum atomic E-state index is -0.432. The van der Waals surface area contributed by atoms with E-state index in [1.165, 1.54) is 24.3 Å². The van der Waals surface area contributed by atoms with Crippen LogP contribution in [0.1, 0.15) is 12.5 Å². The fourth-order valence-corrected chi connectivity index (χ4v) is 2.14. The second kappa shape index (κ2) is 6.13.